The Bertz CT molecular complexity index is 7590. The van der Waals surface area contributed by atoms with Gasteiger partial charge in [-0.05, 0) is 305 Å². The summed E-state index contributed by atoms with van der Waals surface area (Å²) in [4.78, 5) is 63.7. The average Bonchev–Trinajstić information content (AvgIpc) is 1.37. The molecule has 0 saturated carbocycles. The van der Waals surface area contributed by atoms with Gasteiger partial charge in [0.15, 0.2) is 22.4 Å². The Balaban J connectivity index is 1.05. The van der Waals surface area contributed by atoms with Crippen LogP contribution >= 0.6 is 0 Å². The minimum atomic E-state index is -1.88. The van der Waals surface area contributed by atoms with E-state index in [1.165, 1.54) is 221 Å². The molecule has 0 heterocycles. The van der Waals surface area contributed by atoms with Gasteiger partial charge in [0.1, 0.15) is 11.2 Å². The number of unbranched alkanes of at least 4 members (excludes halogenated alkanes) is 1. The van der Waals surface area contributed by atoms with Gasteiger partial charge >= 0.3 is 0 Å². The summed E-state index contributed by atoms with van der Waals surface area (Å²) >= 11 is 0. The van der Waals surface area contributed by atoms with Gasteiger partial charge < -0.3 is 9.47 Å². The first kappa shape index (κ1) is 44.6. The molecule has 6 atom stereocenters. The lowest BCUT2D eigenvalue weighted by atomic mass is 9.49. The van der Waals surface area contributed by atoms with Crippen molar-refractivity contribution in [2.45, 2.75) is 152 Å². The largest absolute Gasteiger partial charge is 0.364 e. The Labute approximate surface area is 517 Å². The van der Waals surface area contributed by atoms with Gasteiger partial charge in [-0.15, -0.1) is 12.3 Å². The summed E-state index contributed by atoms with van der Waals surface area (Å²) in [5.74, 6) is 3.04. The van der Waals surface area contributed by atoms with E-state index in [1.807, 2.05) is 7.11 Å². The minimum absolute atomic E-state index is 0.361. The van der Waals surface area contributed by atoms with Crippen LogP contribution in [0.3, 0.4) is 0 Å². The molecular weight excluding hydrogens is 1140 g/mol. The molecule has 0 saturated heterocycles. The fourth-order valence-electron chi connectivity index (χ4n) is 26.6. The molecule has 0 aliphatic heterocycles. The molecule has 21 aromatic carbocycles. The molecule has 10 heteroatoms. The van der Waals surface area contributed by atoms with Gasteiger partial charge in [-0.25, -0.2) is 39.1 Å². The first-order valence-electron chi connectivity index (χ1n) is 33.5. The molecule has 0 amide bonds. The van der Waals surface area contributed by atoms with E-state index in [0.717, 1.165) is 72.4 Å². The van der Waals surface area contributed by atoms with E-state index in [1.54, 1.807) is 0 Å². The zero-order chi connectivity index (χ0) is 60.1. The molecule has 11 aliphatic carbocycles. The highest BCUT2D eigenvalue weighted by atomic mass is 17.2. The van der Waals surface area contributed by atoms with Crippen molar-refractivity contribution >= 4 is 215 Å². The molecule has 0 N–H and O–H groups in total. The van der Waals surface area contributed by atoms with Crippen LogP contribution in [0.25, 0.3) is 215 Å². The van der Waals surface area contributed by atoms with Crippen LogP contribution in [-0.4, -0.2) is 41.7 Å². The number of ether oxygens (including phenoxy) is 2. The van der Waals surface area contributed by atoms with Gasteiger partial charge in [-0.1, -0.05) is 0 Å². The zero-order valence-corrected chi connectivity index (χ0v) is 52.3. The lowest BCUT2D eigenvalue weighted by molar-refractivity contribution is -0.479. The first-order valence-corrected chi connectivity index (χ1v) is 33.5. The number of benzene rings is 15. The van der Waals surface area contributed by atoms with Gasteiger partial charge in [0.05, 0.1) is 22.4 Å². The number of hydrogen-bond donors (Lipinski definition) is 0. The van der Waals surface area contributed by atoms with Crippen LogP contribution < -0.4 is 0 Å². The molecule has 32 rings (SSSR count). The van der Waals surface area contributed by atoms with E-state index in [2.05, 4.69) is 89.0 Å². The standard InChI is InChI=1S/C82H46O10/c1-15-16-17-18-84-77-59-49-39-29-24-19-20-22-23-21(19)26-32-31(24)41(39)51-52-42(32)44-34(26)36-28(23)38-37-27(22)35-33-25(20)30(29)40-43(33)53-55-45(35)47(37)57-58-48(38)46(36)56-54(44)64-62(52)78(61(51)59,89-85-73(2,3)4)70-69(77)71-79(83-14,63(53)60(77)50(40)49)65(55)67(57)81(91-87-75(8,9)10)68(58)66(56)80(64,90-86-74(5,6)7)72(70)82(71,81)92-88-76(11,12)13/h1H,16-18H2,2-14H3/t77-,78+,79-,80+,81-,82+/m0/s1. The Kier molecular flexibility index (Phi) is 5.23. The second-order valence-electron chi connectivity index (χ2n) is 34.8. The van der Waals surface area contributed by atoms with Gasteiger partial charge in [-0.3, -0.25) is 0 Å². The summed E-state index contributed by atoms with van der Waals surface area (Å²) < 4.78 is 17.0. The number of methoxy groups -OCH3 is 1. The zero-order valence-electron chi connectivity index (χ0n) is 52.3. The van der Waals surface area contributed by atoms with E-state index in [9.17, 15) is 0 Å². The van der Waals surface area contributed by atoms with Crippen molar-refractivity contribution in [3.63, 3.8) is 0 Å². The molecule has 0 unspecified atom stereocenters. The van der Waals surface area contributed by atoms with Crippen LogP contribution in [0.4, 0.5) is 0 Å². The first-order chi connectivity index (χ1) is 44.2. The second kappa shape index (κ2) is 10.8. The van der Waals surface area contributed by atoms with E-state index < -0.39 is 56.0 Å². The van der Waals surface area contributed by atoms with Crippen LogP contribution in [0.15, 0.2) is 22.3 Å². The maximum atomic E-state index is 8.67. The highest BCUT2D eigenvalue weighted by Crippen LogP contribution is 2.92. The topological polar surface area (TPSA) is 92.3 Å². The van der Waals surface area contributed by atoms with E-state index >= 15 is 0 Å². The molecule has 0 spiro atoms. The van der Waals surface area contributed by atoms with Crippen molar-refractivity contribution in [2.24, 2.45) is 0 Å². The third-order valence-electron chi connectivity index (χ3n) is 27.1. The predicted molar refractivity (Wildman–Crippen MR) is 357 cm³/mol. The van der Waals surface area contributed by atoms with Crippen LogP contribution in [0, 0.1) is 12.3 Å². The monoisotopic (exact) mass is 1190 g/mol. The highest BCUT2D eigenvalue weighted by Gasteiger charge is 2.91. The van der Waals surface area contributed by atoms with Crippen LogP contribution in [-0.2, 0) is 76.6 Å². The third kappa shape index (κ3) is 2.96. The quantitative estimate of drug-likeness (QED) is 0.0365. The van der Waals surface area contributed by atoms with Gasteiger partial charge in [0.25, 0.3) is 0 Å². The van der Waals surface area contributed by atoms with E-state index in [0.29, 0.717) is 19.4 Å². The molecule has 0 radical (unpaired) electrons. The van der Waals surface area contributed by atoms with Gasteiger partial charge in [-0.2, -0.15) is 0 Å². The Morgan fingerprint density at radius 1 is 0.283 bits per heavy atom. The van der Waals surface area contributed by atoms with E-state index in [-0.39, 0.29) is 0 Å². The SMILES string of the molecule is C#CCCCO[C@]12C3=C4[C@]5(OC)c6c1c1c7c2c2c8c9c%10c%11c%12c%13c%14c%15c%16c%17c(c5c5c6c6c1c1c%18c7c8c7c8c9c%12c9c%12c%13c%16c%13c%16c%17c5c5c6c1c1c(c7%18)c(c89)c(c%12%13)c1c5%16)[C@@]%15(OOC(C)(C)C)[C@]4(OOC(C)(C)C)C(=C3[C@@]2%10OOC(C)(C)C)[C@@]%11%14OOC(C)(C)C. The molecule has 11 aliphatic rings. The molecule has 0 bridgehead atoms. The summed E-state index contributed by atoms with van der Waals surface area (Å²) in [5.41, 5.74) is 1.55. The predicted octanol–water partition coefficient (Wildman–Crippen LogP) is 18.9. The molecular formula is C82H46O10. The lowest BCUT2D eigenvalue weighted by Crippen LogP contribution is -2.70. The molecule has 21 aromatic rings. The fourth-order valence-corrected chi connectivity index (χ4v) is 26.6. The highest BCUT2D eigenvalue weighted by molar-refractivity contribution is 6.77. The Hall–Kier alpha value is -7.86. The normalized spacial score (nSPS) is 28.1. The fraction of sp³-hybridized carbons (Fsp3) is 0.317. The van der Waals surface area contributed by atoms with Crippen molar-refractivity contribution < 1.29 is 48.6 Å². The molecule has 92 heavy (non-hydrogen) atoms. The molecule has 10 nitrogen and oxygen atoms in total. The molecule has 0 fully saturated rings. The number of terminal acetylenes is 1. The van der Waals surface area contributed by atoms with Crippen LogP contribution in [0.5, 0.6) is 0 Å². The van der Waals surface area contributed by atoms with Crippen molar-refractivity contribution in [2.75, 3.05) is 13.7 Å². The Morgan fingerprint density at radius 2 is 0.522 bits per heavy atom. The van der Waals surface area contributed by atoms with Crippen LogP contribution in [0.1, 0.15) is 152 Å². The maximum absolute atomic E-state index is 8.67. The summed E-state index contributed by atoms with van der Waals surface area (Å²) in [6.07, 6.45) is 7.50. The van der Waals surface area contributed by atoms with Gasteiger partial charge in [0, 0.05) is 98.1 Å². The van der Waals surface area contributed by atoms with Crippen molar-refractivity contribution in [1.29, 1.82) is 0 Å². The van der Waals surface area contributed by atoms with Crippen LogP contribution in [0.2, 0.25) is 0 Å². The van der Waals surface area contributed by atoms with Crippen molar-refractivity contribution in [1.82, 2.24) is 0 Å². The van der Waals surface area contributed by atoms with Crippen molar-refractivity contribution in [3.05, 3.63) is 77.9 Å². The molecule has 0 aromatic heterocycles. The Morgan fingerprint density at radius 3 is 0.859 bits per heavy atom. The number of rotatable bonds is 13. The minimum Gasteiger partial charge on any atom is -0.364 e. The summed E-state index contributed by atoms with van der Waals surface area (Å²) in [6.45, 7) is 25.6. The second-order valence-corrected chi connectivity index (χ2v) is 34.8. The van der Waals surface area contributed by atoms with Gasteiger partial charge in [0.2, 0.25) is 0 Å². The third-order valence-corrected chi connectivity index (χ3v) is 27.1. The van der Waals surface area contributed by atoms with E-state index in [4.69, 9.17) is 55.0 Å². The summed E-state index contributed by atoms with van der Waals surface area (Å²) in [6, 6.07) is 0. The number of hydrogen-bond acceptors (Lipinski definition) is 10. The molecule has 434 valence electrons. The summed E-state index contributed by atoms with van der Waals surface area (Å²) in [7, 11) is 1.98. The lowest BCUT2D eigenvalue weighted by Gasteiger charge is -2.62. The average molecular weight is 1190 g/mol. The summed E-state index contributed by atoms with van der Waals surface area (Å²) in [5, 5.41) is 54.2. The smallest absolute Gasteiger partial charge is 0.196 e. The maximum Gasteiger partial charge on any atom is 0.196 e. The van der Waals surface area contributed by atoms with Crippen molar-refractivity contribution in [3.8, 4) is 12.3 Å².